The molecule has 0 aliphatic carbocycles. The van der Waals surface area contributed by atoms with Gasteiger partial charge in [-0.25, -0.2) is 9.78 Å². The number of amides is 2. The number of para-hydroxylation sites is 1. The van der Waals surface area contributed by atoms with Gasteiger partial charge >= 0.3 is 6.03 Å². The Morgan fingerprint density at radius 1 is 1.11 bits per heavy atom. The summed E-state index contributed by atoms with van der Waals surface area (Å²) in [4.78, 5) is 19.1. The van der Waals surface area contributed by atoms with E-state index in [-0.39, 0.29) is 6.03 Å². The third-order valence-corrected chi connectivity index (χ3v) is 4.50. The van der Waals surface area contributed by atoms with Crippen LogP contribution in [-0.4, -0.2) is 31.3 Å². The molecule has 0 unspecified atom stereocenters. The zero-order chi connectivity index (χ0) is 19.3. The topological polar surface area (TPSA) is 63.7 Å². The molecule has 0 bridgehead atoms. The molecule has 0 saturated carbocycles. The Bertz CT molecular complexity index is 959. The first-order valence-corrected chi connectivity index (χ1v) is 9.10. The van der Waals surface area contributed by atoms with E-state index in [0.717, 1.165) is 22.5 Å². The first-order valence-electron chi connectivity index (χ1n) is 9.10. The van der Waals surface area contributed by atoms with E-state index in [1.165, 1.54) is 0 Å². The minimum atomic E-state index is -0.226. The number of nitrogens with one attached hydrogen (secondary N) is 1. The van der Waals surface area contributed by atoms with Gasteiger partial charge in [0.05, 0.1) is 18.8 Å². The molecule has 0 atom stereocenters. The van der Waals surface area contributed by atoms with Gasteiger partial charge in [-0.05, 0) is 29.8 Å². The summed E-state index contributed by atoms with van der Waals surface area (Å²) in [7, 11) is 1.67. The quantitative estimate of drug-likeness (QED) is 0.737. The molecule has 4 rings (SSSR count). The maximum absolute atomic E-state index is 12.8. The van der Waals surface area contributed by atoms with Gasteiger partial charge in [-0.3, -0.25) is 4.90 Å². The van der Waals surface area contributed by atoms with Crippen LogP contribution in [0.25, 0.3) is 11.3 Å². The van der Waals surface area contributed by atoms with E-state index in [1.807, 2.05) is 66.7 Å². The van der Waals surface area contributed by atoms with Gasteiger partial charge in [0, 0.05) is 18.4 Å². The second-order valence-corrected chi connectivity index (χ2v) is 6.44. The van der Waals surface area contributed by atoms with Crippen LogP contribution < -0.4 is 15.0 Å². The minimum absolute atomic E-state index is 0.226. The van der Waals surface area contributed by atoms with Crippen molar-refractivity contribution in [1.29, 1.82) is 0 Å². The van der Waals surface area contributed by atoms with Crippen LogP contribution in [0.5, 0.6) is 5.75 Å². The van der Waals surface area contributed by atoms with Gasteiger partial charge < -0.3 is 14.8 Å². The van der Waals surface area contributed by atoms with Gasteiger partial charge in [0.15, 0.2) is 11.6 Å². The van der Waals surface area contributed by atoms with Crippen LogP contribution in [0, 0.1) is 0 Å². The summed E-state index contributed by atoms with van der Waals surface area (Å²) in [5.74, 6) is 1.13. The molecule has 2 heterocycles. The lowest BCUT2D eigenvalue weighted by molar-refractivity contribution is 0.185. The van der Waals surface area contributed by atoms with Crippen molar-refractivity contribution >= 4 is 17.5 Å². The largest absolute Gasteiger partial charge is 0.488 e. The fraction of sp³-hybridized carbons (Fsp3) is 0.182. The number of urea groups is 1. The summed E-state index contributed by atoms with van der Waals surface area (Å²) in [6.45, 7) is 1.44. The molecular formula is C22H21N3O3. The summed E-state index contributed by atoms with van der Waals surface area (Å²) in [6.07, 6.45) is 0. The minimum Gasteiger partial charge on any atom is -0.488 e. The predicted molar refractivity (Wildman–Crippen MR) is 109 cm³/mol. The number of carbonyl (C=O) groups excluding carboxylic acids is 1. The molecule has 3 aromatic rings. The Kier molecular flexibility index (Phi) is 5.21. The molecule has 6 nitrogen and oxygen atoms in total. The molecule has 6 heteroatoms. The van der Waals surface area contributed by atoms with Crippen molar-refractivity contribution < 1.29 is 14.3 Å². The summed E-state index contributed by atoms with van der Waals surface area (Å²) in [6, 6.07) is 20.9. The highest BCUT2D eigenvalue weighted by Crippen LogP contribution is 2.33. The van der Waals surface area contributed by atoms with Crippen LogP contribution in [0.1, 0.15) is 5.56 Å². The van der Waals surface area contributed by atoms with E-state index < -0.39 is 0 Å². The van der Waals surface area contributed by atoms with Crippen molar-refractivity contribution in [3.8, 4) is 17.0 Å². The number of rotatable bonds is 4. The van der Waals surface area contributed by atoms with Crippen molar-refractivity contribution in [3.05, 3.63) is 72.3 Å². The smallest absolute Gasteiger partial charge is 0.327 e. The molecule has 0 radical (unpaired) electrons. The number of ether oxygens (including phenoxy) is 2. The average molecular weight is 375 g/mol. The normalized spacial score (nSPS) is 12.8. The van der Waals surface area contributed by atoms with Gasteiger partial charge in [-0.15, -0.1) is 0 Å². The fourth-order valence-corrected chi connectivity index (χ4v) is 3.10. The molecule has 0 fully saturated rings. The van der Waals surface area contributed by atoms with Crippen molar-refractivity contribution in [1.82, 2.24) is 4.98 Å². The lowest BCUT2D eigenvalue weighted by Crippen LogP contribution is -2.41. The molecular weight excluding hydrogens is 354 g/mol. The number of pyridine rings is 1. The second-order valence-electron chi connectivity index (χ2n) is 6.44. The fourth-order valence-electron chi connectivity index (χ4n) is 3.10. The van der Waals surface area contributed by atoms with Gasteiger partial charge in [-0.1, -0.05) is 42.5 Å². The first kappa shape index (κ1) is 18.0. The highest BCUT2D eigenvalue weighted by atomic mass is 16.5. The Balaban J connectivity index is 1.60. The number of hydrogen-bond donors (Lipinski definition) is 1. The Hall–Kier alpha value is -3.38. The lowest BCUT2D eigenvalue weighted by Gasteiger charge is -2.28. The number of methoxy groups -OCH3 is 1. The van der Waals surface area contributed by atoms with Crippen LogP contribution in [-0.2, 0) is 11.3 Å². The molecule has 2 amide bonds. The number of aromatic nitrogens is 1. The van der Waals surface area contributed by atoms with Crippen molar-refractivity contribution in [2.24, 2.45) is 0 Å². The Labute approximate surface area is 163 Å². The van der Waals surface area contributed by atoms with Crippen LogP contribution in [0.3, 0.4) is 0 Å². The van der Waals surface area contributed by atoms with E-state index in [9.17, 15) is 4.79 Å². The van der Waals surface area contributed by atoms with E-state index in [0.29, 0.717) is 31.3 Å². The standard InChI is InChI=1S/C22H21N3O3/c1-27-15-16-7-9-17(10-8-16)19-11-12-20-21(24-19)25(13-14-28-20)22(26)23-18-5-3-2-4-6-18/h2-12H,13-15H2,1H3,(H,23,26). The monoisotopic (exact) mass is 375 g/mol. The van der Waals surface area contributed by atoms with E-state index in [4.69, 9.17) is 14.5 Å². The average Bonchev–Trinajstić information content (AvgIpc) is 2.74. The number of fused-ring (bicyclic) bond motifs is 1. The Morgan fingerprint density at radius 3 is 2.64 bits per heavy atom. The summed E-state index contributed by atoms with van der Waals surface area (Å²) >= 11 is 0. The van der Waals surface area contributed by atoms with E-state index >= 15 is 0 Å². The predicted octanol–water partition coefficient (Wildman–Crippen LogP) is 4.33. The zero-order valence-electron chi connectivity index (χ0n) is 15.6. The van der Waals surface area contributed by atoms with Gasteiger partial charge in [0.2, 0.25) is 0 Å². The highest BCUT2D eigenvalue weighted by molar-refractivity contribution is 6.02. The highest BCUT2D eigenvalue weighted by Gasteiger charge is 2.26. The zero-order valence-corrected chi connectivity index (χ0v) is 15.6. The van der Waals surface area contributed by atoms with Crippen molar-refractivity contribution in [2.75, 3.05) is 30.5 Å². The molecule has 1 aliphatic heterocycles. The third kappa shape index (κ3) is 3.82. The number of nitrogens with zero attached hydrogens (tertiary/aromatic N) is 2. The van der Waals surface area contributed by atoms with Crippen LogP contribution in [0.4, 0.5) is 16.3 Å². The van der Waals surface area contributed by atoms with Crippen LogP contribution in [0.15, 0.2) is 66.7 Å². The molecule has 28 heavy (non-hydrogen) atoms. The number of carbonyl (C=O) groups is 1. The van der Waals surface area contributed by atoms with Gasteiger partial charge in [-0.2, -0.15) is 0 Å². The van der Waals surface area contributed by atoms with Crippen molar-refractivity contribution in [3.63, 3.8) is 0 Å². The molecule has 1 aromatic heterocycles. The maximum atomic E-state index is 12.8. The van der Waals surface area contributed by atoms with Gasteiger partial charge in [0.1, 0.15) is 6.61 Å². The molecule has 2 aromatic carbocycles. The van der Waals surface area contributed by atoms with E-state index in [1.54, 1.807) is 12.0 Å². The molecule has 1 aliphatic rings. The molecule has 0 saturated heterocycles. The number of benzene rings is 2. The number of hydrogen-bond acceptors (Lipinski definition) is 4. The van der Waals surface area contributed by atoms with Crippen LogP contribution >= 0.6 is 0 Å². The summed E-state index contributed by atoms with van der Waals surface area (Å²) in [5.41, 5.74) is 3.59. The summed E-state index contributed by atoms with van der Waals surface area (Å²) < 4.78 is 10.8. The maximum Gasteiger partial charge on any atom is 0.327 e. The molecule has 142 valence electrons. The van der Waals surface area contributed by atoms with Crippen molar-refractivity contribution in [2.45, 2.75) is 6.61 Å². The van der Waals surface area contributed by atoms with Crippen LogP contribution in [0.2, 0.25) is 0 Å². The van der Waals surface area contributed by atoms with E-state index in [2.05, 4.69) is 5.32 Å². The molecule has 1 N–H and O–H groups in total. The number of anilines is 2. The lowest BCUT2D eigenvalue weighted by atomic mass is 10.1. The SMILES string of the molecule is COCc1ccc(-c2ccc3c(n2)N(C(=O)Nc2ccccc2)CCO3)cc1. The van der Waals surface area contributed by atoms with Gasteiger partial charge in [0.25, 0.3) is 0 Å². The Morgan fingerprint density at radius 2 is 1.89 bits per heavy atom. The summed E-state index contributed by atoms with van der Waals surface area (Å²) in [5, 5.41) is 2.91. The second kappa shape index (κ2) is 8.10. The first-order chi connectivity index (χ1) is 13.7. The molecule has 0 spiro atoms. The third-order valence-electron chi connectivity index (χ3n) is 4.50.